The molecular formula is C28H20IN3O. The first-order valence-electron chi connectivity index (χ1n) is 10.7. The van der Waals surface area contributed by atoms with Crippen molar-refractivity contribution in [2.45, 2.75) is 24.9 Å². The maximum absolute atomic E-state index is 14.0. The Morgan fingerprint density at radius 2 is 1.73 bits per heavy atom. The lowest BCUT2D eigenvalue weighted by atomic mass is 9.67. The van der Waals surface area contributed by atoms with Crippen LogP contribution in [-0.4, -0.2) is 16.7 Å². The highest BCUT2D eigenvalue weighted by molar-refractivity contribution is 14.1. The molecule has 0 aromatic heterocycles. The number of aryl methyl sites for hydroxylation is 1. The summed E-state index contributed by atoms with van der Waals surface area (Å²) in [7, 11) is 0. The van der Waals surface area contributed by atoms with Crippen molar-refractivity contribution in [3.63, 3.8) is 0 Å². The Bertz CT molecular complexity index is 1350. The van der Waals surface area contributed by atoms with Gasteiger partial charge in [-0.1, -0.05) is 66.2 Å². The Morgan fingerprint density at radius 1 is 1.00 bits per heavy atom. The van der Waals surface area contributed by atoms with Gasteiger partial charge in [0.1, 0.15) is 6.04 Å². The maximum atomic E-state index is 14.0. The van der Waals surface area contributed by atoms with Gasteiger partial charge in [0, 0.05) is 21.3 Å². The lowest BCUT2D eigenvalue weighted by Gasteiger charge is -2.34. The Labute approximate surface area is 206 Å². The van der Waals surface area contributed by atoms with Crippen LogP contribution in [0.1, 0.15) is 44.6 Å². The SMILES string of the molecule is Cc1ccc(C(=O)[C@@H]2[C@@H](c3cccc(I)c3)C(C#N)(C#N)[C@@H]3c4ccccc4C=CN23)cc1. The molecule has 3 atom stereocenters. The minimum atomic E-state index is -1.43. The molecule has 0 unspecified atom stereocenters. The van der Waals surface area contributed by atoms with Crippen molar-refractivity contribution in [1.82, 2.24) is 4.90 Å². The molecule has 0 bridgehead atoms. The molecule has 2 aliphatic heterocycles. The third-order valence-corrected chi connectivity index (χ3v) is 7.43. The third-order valence-electron chi connectivity index (χ3n) is 6.76. The standard InChI is InChI=1S/C28H20IN3O/c1-18-9-11-20(12-10-18)26(33)25-24(21-6-4-7-22(29)15-21)28(16-30,17-31)27-23-8-3-2-5-19(23)13-14-32(25)27/h2-15,24-25,27H,1H3/t24-,25+,27+/m1/s1. The van der Waals surface area contributed by atoms with Gasteiger partial charge in [-0.3, -0.25) is 4.79 Å². The van der Waals surface area contributed by atoms with E-state index in [0.29, 0.717) is 5.56 Å². The van der Waals surface area contributed by atoms with E-state index in [9.17, 15) is 15.3 Å². The van der Waals surface area contributed by atoms with Gasteiger partial charge >= 0.3 is 0 Å². The first-order valence-corrected chi connectivity index (χ1v) is 11.8. The minimum Gasteiger partial charge on any atom is -0.357 e. The van der Waals surface area contributed by atoms with Gasteiger partial charge in [0.25, 0.3) is 0 Å². The van der Waals surface area contributed by atoms with E-state index < -0.39 is 23.4 Å². The van der Waals surface area contributed by atoms with Crippen LogP contribution in [0.2, 0.25) is 0 Å². The highest BCUT2D eigenvalue weighted by Gasteiger charge is 2.63. The molecule has 4 nitrogen and oxygen atoms in total. The lowest BCUT2D eigenvalue weighted by Crippen LogP contribution is -2.37. The predicted molar refractivity (Wildman–Crippen MR) is 135 cm³/mol. The van der Waals surface area contributed by atoms with E-state index in [4.69, 9.17) is 0 Å². The van der Waals surface area contributed by atoms with Crippen LogP contribution < -0.4 is 0 Å². The summed E-state index contributed by atoms with van der Waals surface area (Å²) < 4.78 is 0.997. The first kappa shape index (κ1) is 21.4. The number of carbonyl (C=O) groups excluding carboxylic acids is 1. The van der Waals surface area contributed by atoms with Gasteiger partial charge in [-0.25, -0.2) is 0 Å². The molecular weight excluding hydrogens is 521 g/mol. The molecule has 160 valence electrons. The van der Waals surface area contributed by atoms with Crippen molar-refractivity contribution in [1.29, 1.82) is 10.5 Å². The zero-order chi connectivity index (χ0) is 23.2. The molecule has 5 heteroatoms. The number of halogens is 1. The van der Waals surface area contributed by atoms with Gasteiger partial charge in [0.05, 0.1) is 18.2 Å². The molecule has 3 aromatic carbocycles. The molecule has 1 saturated heterocycles. The summed E-state index contributed by atoms with van der Waals surface area (Å²) in [6.45, 7) is 1.98. The number of rotatable bonds is 3. The van der Waals surface area contributed by atoms with Crippen LogP contribution in [0.25, 0.3) is 6.08 Å². The summed E-state index contributed by atoms with van der Waals surface area (Å²) in [5.41, 5.74) is 2.92. The van der Waals surface area contributed by atoms with Crippen molar-refractivity contribution in [2.75, 3.05) is 0 Å². The second kappa shape index (κ2) is 8.17. The number of nitriles is 2. The van der Waals surface area contributed by atoms with Crippen LogP contribution in [-0.2, 0) is 0 Å². The van der Waals surface area contributed by atoms with E-state index in [-0.39, 0.29) is 5.78 Å². The second-order valence-electron chi connectivity index (χ2n) is 8.59. The molecule has 2 aliphatic rings. The van der Waals surface area contributed by atoms with Crippen molar-refractivity contribution >= 4 is 34.5 Å². The monoisotopic (exact) mass is 541 g/mol. The Hall–Kier alpha value is -3.42. The molecule has 3 aromatic rings. The number of hydrogen-bond acceptors (Lipinski definition) is 4. The van der Waals surface area contributed by atoms with Gasteiger partial charge in [-0.15, -0.1) is 0 Å². The first-order chi connectivity index (χ1) is 16.0. The average molecular weight is 541 g/mol. The van der Waals surface area contributed by atoms with Crippen LogP contribution in [0.3, 0.4) is 0 Å². The average Bonchev–Trinajstić information content (AvgIpc) is 3.15. The Morgan fingerprint density at radius 3 is 2.42 bits per heavy atom. The maximum Gasteiger partial charge on any atom is 0.185 e. The van der Waals surface area contributed by atoms with E-state index >= 15 is 0 Å². The molecule has 0 spiro atoms. The molecule has 0 radical (unpaired) electrons. The number of benzene rings is 3. The summed E-state index contributed by atoms with van der Waals surface area (Å²) in [6.07, 6.45) is 3.86. The van der Waals surface area contributed by atoms with Crippen LogP contribution in [0.15, 0.2) is 79.0 Å². The van der Waals surface area contributed by atoms with Crippen LogP contribution in [0, 0.1) is 38.6 Å². The lowest BCUT2D eigenvalue weighted by molar-refractivity contribution is 0.0874. The molecule has 0 aliphatic carbocycles. The van der Waals surface area contributed by atoms with Gasteiger partial charge in [-0.05, 0) is 64.4 Å². The molecule has 5 rings (SSSR count). The summed E-state index contributed by atoms with van der Waals surface area (Å²) in [6, 6.07) is 26.7. The fourth-order valence-corrected chi connectivity index (χ4v) is 5.82. The van der Waals surface area contributed by atoms with Crippen LogP contribution >= 0.6 is 22.6 Å². The quantitative estimate of drug-likeness (QED) is 0.301. The van der Waals surface area contributed by atoms with E-state index in [1.165, 1.54) is 0 Å². The number of nitrogens with zero attached hydrogens (tertiary/aromatic N) is 3. The van der Waals surface area contributed by atoms with Crippen LogP contribution in [0.4, 0.5) is 0 Å². The normalized spacial score (nSPS) is 22.1. The highest BCUT2D eigenvalue weighted by atomic mass is 127. The van der Waals surface area contributed by atoms with E-state index in [2.05, 4.69) is 34.7 Å². The zero-order valence-corrected chi connectivity index (χ0v) is 20.1. The smallest absolute Gasteiger partial charge is 0.185 e. The molecule has 2 heterocycles. The summed E-state index contributed by atoms with van der Waals surface area (Å²) in [4.78, 5) is 16.0. The second-order valence-corrected chi connectivity index (χ2v) is 9.84. The number of carbonyl (C=O) groups is 1. The minimum absolute atomic E-state index is 0.0831. The fourth-order valence-electron chi connectivity index (χ4n) is 5.26. The molecule has 1 fully saturated rings. The van der Waals surface area contributed by atoms with Crippen molar-refractivity contribution in [2.24, 2.45) is 5.41 Å². The number of hydrogen-bond donors (Lipinski definition) is 0. The Balaban J connectivity index is 1.77. The van der Waals surface area contributed by atoms with Gasteiger partial charge < -0.3 is 4.90 Å². The largest absolute Gasteiger partial charge is 0.357 e. The summed E-state index contributed by atoms with van der Waals surface area (Å²) in [5.74, 6) is -0.697. The van der Waals surface area contributed by atoms with Crippen LogP contribution in [0.5, 0.6) is 0 Å². The number of Topliss-reactive ketones (excluding diaryl/α,β-unsaturated/α-hetero) is 1. The molecule has 0 amide bonds. The van der Waals surface area contributed by atoms with E-state index in [1.807, 2.05) is 96.9 Å². The topological polar surface area (TPSA) is 67.9 Å². The third kappa shape index (κ3) is 3.27. The van der Waals surface area contributed by atoms with Crippen molar-refractivity contribution in [3.05, 3.63) is 110 Å². The van der Waals surface area contributed by atoms with Gasteiger partial charge in [0.15, 0.2) is 11.2 Å². The summed E-state index contributed by atoms with van der Waals surface area (Å²) >= 11 is 2.23. The Kier molecular flexibility index (Phi) is 5.31. The molecule has 33 heavy (non-hydrogen) atoms. The fraction of sp³-hybridized carbons (Fsp3) is 0.179. The predicted octanol–water partition coefficient (Wildman–Crippen LogP) is 6.01. The number of fused-ring (bicyclic) bond motifs is 3. The molecule has 0 saturated carbocycles. The number of ketones is 1. The van der Waals surface area contributed by atoms with E-state index in [0.717, 1.165) is 25.8 Å². The highest BCUT2D eigenvalue weighted by Crippen LogP contribution is 2.60. The van der Waals surface area contributed by atoms with Crippen molar-refractivity contribution < 1.29 is 4.79 Å². The van der Waals surface area contributed by atoms with E-state index in [1.54, 1.807) is 0 Å². The van der Waals surface area contributed by atoms with Gasteiger partial charge in [0.2, 0.25) is 0 Å². The zero-order valence-electron chi connectivity index (χ0n) is 17.9. The van der Waals surface area contributed by atoms with Crippen molar-refractivity contribution in [3.8, 4) is 12.1 Å². The summed E-state index contributed by atoms with van der Waals surface area (Å²) in [5, 5.41) is 21.1. The van der Waals surface area contributed by atoms with Gasteiger partial charge in [-0.2, -0.15) is 10.5 Å². The molecule has 0 N–H and O–H groups in total.